The molecule has 0 radical (unpaired) electrons. The summed E-state index contributed by atoms with van der Waals surface area (Å²) in [6, 6.07) is 13.7. The van der Waals surface area contributed by atoms with Crippen LogP contribution in [0, 0.1) is 6.92 Å². The van der Waals surface area contributed by atoms with Gasteiger partial charge in [0, 0.05) is 12.6 Å². The van der Waals surface area contributed by atoms with Crippen molar-refractivity contribution in [2.24, 2.45) is 0 Å². The maximum Gasteiger partial charge on any atom is 0.293 e. The third-order valence-electron chi connectivity index (χ3n) is 3.60. The fourth-order valence-electron chi connectivity index (χ4n) is 2.44. The summed E-state index contributed by atoms with van der Waals surface area (Å²) in [6.07, 6.45) is 3.24. The van der Waals surface area contributed by atoms with E-state index in [0.29, 0.717) is 17.2 Å². The fourth-order valence-corrected chi connectivity index (χ4v) is 3.28. The monoisotopic (exact) mass is 327 g/mol. The maximum atomic E-state index is 12.3. The molecule has 23 heavy (non-hydrogen) atoms. The number of thioether (sulfide) groups is 1. The van der Waals surface area contributed by atoms with Gasteiger partial charge in [0.15, 0.2) is 0 Å². The zero-order valence-corrected chi connectivity index (χ0v) is 13.6. The van der Waals surface area contributed by atoms with Crippen molar-refractivity contribution in [3.8, 4) is 0 Å². The van der Waals surface area contributed by atoms with E-state index in [1.807, 2.05) is 43.3 Å². The van der Waals surface area contributed by atoms with Crippen LogP contribution in [-0.2, 0) is 11.2 Å². The molecule has 1 saturated heterocycles. The second-order valence-corrected chi connectivity index (χ2v) is 6.36. The predicted octanol–water partition coefficient (Wildman–Crippen LogP) is 4.26. The molecule has 0 atom stereocenters. The number of benzene rings is 1. The van der Waals surface area contributed by atoms with E-state index in [-0.39, 0.29) is 11.1 Å². The van der Waals surface area contributed by atoms with Crippen molar-refractivity contribution in [3.63, 3.8) is 0 Å². The van der Waals surface area contributed by atoms with Gasteiger partial charge in [0.05, 0.1) is 4.91 Å². The summed E-state index contributed by atoms with van der Waals surface area (Å²) in [4.78, 5) is 26.1. The largest absolute Gasteiger partial charge is 0.462 e. The third kappa shape index (κ3) is 3.74. The SMILES string of the molecule is Cc1ccc(/C=C2/SC(=O)N(CCCc3ccccc3)C2=O)o1. The quantitative estimate of drug-likeness (QED) is 0.770. The Hall–Kier alpha value is -2.27. The minimum Gasteiger partial charge on any atom is -0.462 e. The van der Waals surface area contributed by atoms with Crippen molar-refractivity contribution >= 4 is 29.0 Å². The number of amides is 2. The lowest BCUT2D eigenvalue weighted by molar-refractivity contribution is -0.122. The number of furan rings is 1. The van der Waals surface area contributed by atoms with Crippen LogP contribution in [-0.4, -0.2) is 22.6 Å². The van der Waals surface area contributed by atoms with E-state index in [9.17, 15) is 9.59 Å². The molecule has 0 spiro atoms. The lowest BCUT2D eigenvalue weighted by Gasteiger charge is -2.11. The van der Waals surface area contributed by atoms with E-state index in [2.05, 4.69) is 0 Å². The summed E-state index contributed by atoms with van der Waals surface area (Å²) in [5, 5.41) is -0.211. The molecule has 118 valence electrons. The number of rotatable bonds is 5. The topological polar surface area (TPSA) is 50.5 Å². The first-order chi connectivity index (χ1) is 11.1. The van der Waals surface area contributed by atoms with Crippen LogP contribution in [0.15, 0.2) is 51.8 Å². The van der Waals surface area contributed by atoms with E-state index in [1.54, 1.807) is 12.1 Å². The second kappa shape index (κ2) is 6.87. The average molecular weight is 327 g/mol. The highest BCUT2D eigenvalue weighted by molar-refractivity contribution is 8.18. The Balaban J connectivity index is 1.61. The number of imide groups is 1. The van der Waals surface area contributed by atoms with Crippen molar-refractivity contribution < 1.29 is 14.0 Å². The van der Waals surface area contributed by atoms with Gasteiger partial charge in [0.25, 0.3) is 11.1 Å². The molecule has 1 aliphatic rings. The van der Waals surface area contributed by atoms with Gasteiger partial charge in [-0.15, -0.1) is 0 Å². The zero-order chi connectivity index (χ0) is 16.2. The van der Waals surface area contributed by atoms with Gasteiger partial charge in [-0.2, -0.15) is 0 Å². The smallest absolute Gasteiger partial charge is 0.293 e. The first-order valence-corrected chi connectivity index (χ1v) is 8.31. The van der Waals surface area contributed by atoms with E-state index in [0.717, 1.165) is 30.4 Å². The molecule has 0 aliphatic carbocycles. The van der Waals surface area contributed by atoms with Crippen molar-refractivity contribution in [1.82, 2.24) is 4.90 Å². The van der Waals surface area contributed by atoms with Gasteiger partial charge in [-0.1, -0.05) is 30.3 Å². The van der Waals surface area contributed by atoms with E-state index in [1.165, 1.54) is 10.5 Å². The Bertz CT molecular complexity index is 749. The summed E-state index contributed by atoms with van der Waals surface area (Å²) in [6.45, 7) is 2.28. The van der Waals surface area contributed by atoms with Crippen LogP contribution in [0.4, 0.5) is 4.79 Å². The van der Waals surface area contributed by atoms with Crippen molar-refractivity contribution in [2.45, 2.75) is 19.8 Å². The van der Waals surface area contributed by atoms with Gasteiger partial charge >= 0.3 is 0 Å². The van der Waals surface area contributed by atoms with E-state index >= 15 is 0 Å². The third-order valence-corrected chi connectivity index (χ3v) is 4.51. The molecule has 5 heteroatoms. The molecule has 4 nitrogen and oxygen atoms in total. The summed E-state index contributed by atoms with van der Waals surface area (Å²) >= 11 is 0.971. The number of aryl methyl sites for hydroxylation is 2. The van der Waals surface area contributed by atoms with Gasteiger partial charge in [-0.05, 0) is 49.2 Å². The minimum absolute atomic E-state index is 0.211. The van der Waals surface area contributed by atoms with Gasteiger partial charge in [-0.25, -0.2) is 0 Å². The fraction of sp³-hybridized carbons (Fsp3) is 0.222. The molecule has 3 rings (SSSR count). The highest BCUT2D eigenvalue weighted by Gasteiger charge is 2.34. The zero-order valence-electron chi connectivity index (χ0n) is 12.8. The summed E-state index contributed by atoms with van der Waals surface area (Å²) in [5.41, 5.74) is 1.21. The Labute approximate surface area is 139 Å². The first kappa shape index (κ1) is 15.6. The van der Waals surface area contributed by atoms with Crippen LogP contribution in [0.1, 0.15) is 23.5 Å². The van der Waals surface area contributed by atoms with Crippen LogP contribution < -0.4 is 0 Å². The predicted molar refractivity (Wildman–Crippen MR) is 90.9 cm³/mol. The van der Waals surface area contributed by atoms with E-state index < -0.39 is 0 Å². The summed E-state index contributed by atoms with van der Waals surface area (Å²) in [5.74, 6) is 1.14. The van der Waals surface area contributed by atoms with Crippen LogP contribution >= 0.6 is 11.8 Å². The number of hydrogen-bond acceptors (Lipinski definition) is 4. The molecular weight excluding hydrogens is 310 g/mol. The van der Waals surface area contributed by atoms with Crippen molar-refractivity contribution in [1.29, 1.82) is 0 Å². The van der Waals surface area contributed by atoms with Crippen LogP contribution in [0.3, 0.4) is 0 Å². The average Bonchev–Trinajstić information content (AvgIpc) is 3.06. The molecule has 0 N–H and O–H groups in total. The van der Waals surface area contributed by atoms with Crippen LogP contribution in [0.2, 0.25) is 0 Å². The molecule has 0 bridgehead atoms. The van der Waals surface area contributed by atoms with Crippen LogP contribution in [0.5, 0.6) is 0 Å². The second-order valence-electron chi connectivity index (χ2n) is 5.37. The van der Waals surface area contributed by atoms with Crippen molar-refractivity contribution in [3.05, 3.63) is 64.5 Å². The number of carbonyl (C=O) groups is 2. The lowest BCUT2D eigenvalue weighted by atomic mass is 10.1. The van der Waals surface area contributed by atoms with Gasteiger partial charge in [0.1, 0.15) is 11.5 Å². The highest BCUT2D eigenvalue weighted by atomic mass is 32.2. The summed E-state index contributed by atoms with van der Waals surface area (Å²) in [7, 11) is 0. The molecule has 0 saturated carbocycles. The molecule has 1 fully saturated rings. The van der Waals surface area contributed by atoms with Crippen molar-refractivity contribution in [2.75, 3.05) is 6.54 Å². The maximum absolute atomic E-state index is 12.3. The Morgan fingerprint density at radius 3 is 2.61 bits per heavy atom. The summed E-state index contributed by atoms with van der Waals surface area (Å²) < 4.78 is 5.43. The molecule has 2 amide bonds. The Kier molecular flexibility index (Phi) is 4.67. The van der Waals surface area contributed by atoms with Crippen LogP contribution in [0.25, 0.3) is 6.08 Å². The molecule has 1 aromatic heterocycles. The molecule has 0 unspecified atom stereocenters. The van der Waals surface area contributed by atoms with Gasteiger partial charge < -0.3 is 4.42 Å². The van der Waals surface area contributed by atoms with Gasteiger partial charge in [0.2, 0.25) is 0 Å². The highest BCUT2D eigenvalue weighted by Crippen LogP contribution is 2.32. The van der Waals surface area contributed by atoms with Gasteiger partial charge in [-0.3, -0.25) is 14.5 Å². The Morgan fingerprint density at radius 2 is 1.91 bits per heavy atom. The molecule has 1 aliphatic heterocycles. The molecule has 2 aromatic rings. The number of carbonyl (C=O) groups excluding carboxylic acids is 2. The minimum atomic E-state index is -0.234. The molecular formula is C18H17NO3S. The number of hydrogen-bond donors (Lipinski definition) is 0. The first-order valence-electron chi connectivity index (χ1n) is 7.49. The number of nitrogens with zero attached hydrogens (tertiary/aromatic N) is 1. The standard InChI is InChI=1S/C18H17NO3S/c1-13-9-10-15(22-13)12-16-17(20)19(18(21)23-16)11-5-8-14-6-3-2-4-7-14/h2-4,6-7,9-10,12H,5,8,11H2,1H3/b16-12+. The van der Waals surface area contributed by atoms with E-state index in [4.69, 9.17) is 4.42 Å². The Morgan fingerprint density at radius 1 is 1.13 bits per heavy atom. The lowest BCUT2D eigenvalue weighted by Crippen LogP contribution is -2.29. The molecule has 2 heterocycles. The normalized spacial score (nSPS) is 16.6. The molecule has 1 aromatic carbocycles.